The zero-order chi connectivity index (χ0) is 16.0. The number of allylic oxidation sites excluding steroid dienone is 1. The second-order valence-electron chi connectivity index (χ2n) is 8.64. The highest BCUT2D eigenvalue weighted by atomic mass is 14.5. The first-order valence-corrected chi connectivity index (χ1v) is 8.68. The van der Waals surface area contributed by atoms with E-state index in [1.165, 1.54) is 50.5 Å². The Balaban J connectivity index is 4.82. The lowest BCUT2D eigenvalue weighted by Gasteiger charge is -2.54. The van der Waals surface area contributed by atoms with E-state index >= 15 is 0 Å². The Morgan fingerprint density at radius 1 is 0.800 bits per heavy atom. The Morgan fingerprint density at radius 3 is 1.65 bits per heavy atom. The molecule has 0 N–H and O–H groups in total. The third-order valence-corrected chi connectivity index (χ3v) is 5.51. The van der Waals surface area contributed by atoms with Gasteiger partial charge in [0.2, 0.25) is 0 Å². The smallest absolute Gasteiger partial charge is 0.0200 e. The van der Waals surface area contributed by atoms with Gasteiger partial charge in [0.25, 0.3) is 0 Å². The standard InChI is InChI=1S/C20H40/c1-10-12-13-14-17(3)15-16-20(11-2,18(4,5)6)19(7,8)9/h3,10-16H2,1-2,4-9H3. The Kier molecular flexibility index (Phi) is 7.56. The molecule has 0 aliphatic rings. The van der Waals surface area contributed by atoms with Gasteiger partial charge in [-0.2, -0.15) is 0 Å². The largest absolute Gasteiger partial charge is 0.0999 e. The molecule has 0 aromatic rings. The first-order valence-electron chi connectivity index (χ1n) is 8.68. The van der Waals surface area contributed by atoms with Crippen molar-refractivity contribution in [2.45, 2.75) is 100 Å². The first kappa shape index (κ1) is 19.7. The molecule has 0 rings (SSSR count). The van der Waals surface area contributed by atoms with Crippen molar-refractivity contribution < 1.29 is 0 Å². The van der Waals surface area contributed by atoms with Crippen LogP contribution in [-0.2, 0) is 0 Å². The lowest BCUT2D eigenvalue weighted by molar-refractivity contribution is -0.0437. The summed E-state index contributed by atoms with van der Waals surface area (Å²) in [5, 5.41) is 0. The van der Waals surface area contributed by atoms with Crippen LogP contribution in [0.3, 0.4) is 0 Å². The highest BCUT2D eigenvalue weighted by Crippen LogP contribution is 2.57. The summed E-state index contributed by atoms with van der Waals surface area (Å²) in [6, 6.07) is 0. The third kappa shape index (κ3) is 4.93. The molecule has 0 nitrogen and oxygen atoms in total. The molecule has 0 aliphatic heterocycles. The van der Waals surface area contributed by atoms with E-state index in [0.29, 0.717) is 16.2 Å². The summed E-state index contributed by atoms with van der Waals surface area (Å²) in [4.78, 5) is 0. The molecule has 0 heterocycles. The van der Waals surface area contributed by atoms with Crippen LogP contribution in [0, 0.1) is 16.2 Å². The molecule has 0 bridgehead atoms. The zero-order valence-corrected chi connectivity index (χ0v) is 15.7. The van der Waals surface area contributed by atoms with Gasteiger partial charge in [0, 0.05) is 0 Å². The highest BCUT2D eigenvalue weighted by molar-refractivity contribution is 5.02. The van der Waals surface area contributed by atoms with Gasteiger partial charge in [-0.05, 0) is 48.3 Å². The van der Waals surface area contributed by atoms with Crippen molar-refractivity contribution in [2.75, 3.05) is 0 Å². The second kappa shape index (κ2) is 7.66. The predicted molar refractivity (Wildman–Crippen MR) is 94.2 cm³/mol. The van der Waals surface area contributed by atoms with Gasteiger partial charge in [0.15, 0.2) is 0 Å². The molecular formula is C20H40. The van der Waals surface area contributed by atoms with E-state index in [1.54, 1.807) is 0 Å². The fraction of sp³-hybridized carbons (Fsp3) is 0.900. The fourth-order valence-electron chi connectivity index (χ4n) is 4.25. The summed E-state index contributed by atoms with van der Waals surface area (Å²) in [6.45, 7) is 23.5. The van der Waals surface area contributed by atoms with Crippen LogP contribution in [0.15, 0.2) is 12.2 Å². The van der Waals surface area contributed by atoms with E-state index in [4.69, 9.17) is 0 Å². The molecule has 0 atom stereocenters. The van der Waals surface area contributed by atoms with Crippen LogP contribution >= 0.6 is 0 Å². The van der Waals surface area contributed by atoms with E-state index in [0.717, 1.165) is 0 Å². The summed E-state index contributed by atoms with van der Waals surface area (Å²) >= 11 is 0. The van der Waals surface area contributed by atoms with E-state index in [-0.39, 0.29) is 0 Å². The van der Waals surface area contributed by atoms with Crippen molar-refractivity contribution in [3.63, 3.8) is 0 Å². The Hall–Kier alpha value is -0.260. The molecule has 0 aromatic carbocycles. The SMILES string of the molecule is C=C(CCCCC)CCC(CC)(C(C)(C)C)C(C)(C)C. The highest BCUT2D eigenvalue weighted by Gasteiger charge is 2.48. The summed E-state index contributed by atoms with van der Waals surface area (Å²) in [7, 11) is 0. The summed E-state index contributed by atoms with van der Waals surface area (Å²) in [6.07, 6.45) is 8.92. The van der Waals surface area contributed by atoms with Crippen molar-refractivity contribution in [3.8, 4) is 0 Å². The normalized spacial score (nSPS) is 13.6. The molecule has 0 saturated carbocycles. The van der Waals surface area contributed by atoms with Crippen LogP contribution in [-0.4, -0.2) is 0 Å². The van der Waals surface area contributed by atoms with Crippen molar-refractivity contribution in [1.29, 1.82) is 0 Å². The van der Waals surface area contributed by atoms with Crippen LogP contribution in [0.2, 0.25) is 0 Å². The molecule has 0 heteroatoms. The van der Waals surface area contributed by atoms with Gasteiger partial charge < -0.3 is 0 Å². The van der Waals surface area contributed by atoms with Crippen LogP contribution < -0.4 is 0 Å². The minimum absolute atomic E-state index is 0.337. The Labute approximate surface area is 129 Å². The van der Waals surface area contributed by atoms with Crippen molar-refractivity contribution in [3.05, 3.63) is 12.2 Å². The van der Waals surface area contributed by atoms with Gasteiger partial charge in [0.1, 0.15) is 0 Å². The number of rotatable bonds is 8. The van der Waals surface area contributed by atoms with Gasteiger partial charge in [-0.1, -0.05) is 80.4 Å². The van der Waals surface area contributed by atoms with Crippen LogP contribution in [0.4, 0.5) is 0 Å². The minimum Gasteiger partial charge on any atom is -0.0999 e. The molecule has 0 aliphatic carbocycles. The van der Waals surface area contributed by atoms with E-state index < -0.39 is 0 Å². The van der Waals surface area contributed by atoms with Crippen LogP contribution in [0.25, 0.3) is 0 Å². The second-order valence-corrected chi connectivity index (χ2v) is 8.64. The maximum absolute atomic E-state index is 4.33. The molecule has 0 amide bonds. The quantitative estimate of drug-likeness (QED) is 0.321. The average molecular weight is 281 g/mol. The molecule has 0 saturated heterocycles. The summed E-state index contributed by atoms with van der Waals surface area (Å²) < 4.78 is 0. The van der Waals surface area contributed by atoms with Crippen molar-refractivity contribution in [1.82, 2.24) is 0 Å². The van der Waals surface area contributed by atoms with Crippen molar-refractivity contribution in [2.24, 2.45) is 16.2 Å². The fourth-order valence-corrected chi connectivity index (χ4v) is 4.25. The van der Waals surface area contributed by atoms with Crippen LogP contribution in [0.5, 0.6) is 0 Å². The van der Waals surface area contributed by atoms with E-state index in [9.17, 15) is 0 Å². The number of unbranched alkanes of at least 4 members (excludes halogenated alkanes) is 2. The lowest BCUT2D eigenvalue weighted by atomic mass is 9.51. The Bertz CT molecular complexity index is 268. The first-order chi connectivity index (χ1) is 9.02. The van der Waals surface area contributed by atoms with E-state index in [2.05, 4.69) is 62.0 Å². The summed E-state index contributed by atoms with van der Waals surface area (Å²) in [5.74, 6) is 0. The zero-order valence-electron chi connectivity index (χ0n) is 15.7. The number of hydrogen-bond donors (Lipinski definition) is 0. The van der Waals surface area contributed by atoms with Gasteiger partial charge in [0.05, 0.1) is 0 Å². The predicted octanol–water partition coefficient (Wildman–Crippen LogP) is 7.39. The maximum Gasteiger partial charge on any atom is -0.0200 e. The molecule has 0 fully saturated rings. The maximum atomic E-state index is 4.33. The lowest BCUT2D eigenvalue weighted by Crippen LogP contribution is -2.46. The van der Waals surface area contributed by atoms with Crippen molar-refractivity contribution >= 4 is 0 Å². The molecule has 0 unspecified atom stereocenters. The van der Waals surface area contributed by atoms with Gasteiger partial charge in [-0.25, -0.2) is 0 Å². The monoisotopic (exact) mass is 280 g/mol. The average Bonchev–Trinajstić information content (AvgIpc) is 2.27. The molecule has 20 heavy (non-hydrogen) atoms. The van der Waals surface area contributed by atoms with E-state index in [1.807, 2.05) is 0 Å². The number of hydrogen-bond acceptors (Lipinski definition) is 0. The Morgan fingerprint density at radius 2 is 1.30 bits per heavy atom. The molecule has 0 spiro atoms. The molecule has 120 valence electrons. The van der Waals surface area contributed by atoms with Gasteiger partial charge in [-0.3, -0.25) is 0 Å². The molecule has 0 aromatic heterocycles. The topological polar surface area (TPSA) is 0 Å². The third-order valence-electron chi connectivity index (χ3n) is 5.51. The molecular weight excluding hydrogens is 240 g/mol. The minimum atomic E-state index is 0.337. The van der Waals surface area contributed by atoms with Gasteiger partial charge in [-0.15, -0.1) is 0 Å². The van der Waals surface area contributed by atoms with Gasteiger partial charge >= 0.3 is 0 Å². The molecule has 0 radical (unpaired) electrons. The van der Waals surface area contributed by atoms with Crippen LogP contribution in [0.1, 0.15) is 100 Å². The summed E-state index contributed by atoms with van der Waals surface area (Å²) in [5.41, 5.74) is 2.52.